The minimum Gasteiger partial charge on any atom is -0.487 e. The molecule has 6 heteroatoms. The van der Waals surface area contributed by atoms with Crippen LogP contribution in [0.25, 0.3) is 0 Å². The molecule has 1 fully saturated rings. The number of benzene rings is 1. The summed E-state index contributed by atoms with van der Waals surface area (Å²) in [5.74, 6) is 0.966. The van der Waals surface area contributed by atoms with Gasteiger partial charge in [-0.2, -0.15) is 0 Å². The molecule has 2 rings (SSSR count). The maximum Gasteiger partial charge on any atom is 0.311 e. The third-order valence-electron chi connectivity index (χ3n) is 3.91. The van der Waals surface area contributed by atoms with Gasteiger partial charge in [0.2, 0.25) is 0 Å². The van der Waals surface area contributed by atoms with Crippen LogP contribution in [0.5, 0.6) is 5.75 Å². The SMILES string of the molecule is CCCOc1cc(N(C)C(CN)C2CC2)ccc1[N+](=O)[O-]. The van der Waals surface area contributed by atoms with Crippen LogP contribution in [-0.4, -0.2) is 31.2 Å². The normalized spacial score (nSPS) is 15.6. The second-order valence-electron chi connectivity index (χ2n) is 5.51. The summed E-state index contributed by atoms with van der Waals surface area (Å²) >= 11 is 0. The highest BCUT2D eigenvalue weighted by Crippen LogP contribution is 2.38. The molecule has 0 bridgehead atoms. The quantitative estimate of drug-likeness (QED) is 0.588. The molecule has 21 heavy (non-hydrogen) atoms. The highest BCUT2D eigenvalue weighted by Gasteiger charge is 2.33. The number of anilines is 1. The van der Waals surface area contributed by atoms with Gasteiger partial charge < -0.3 is 15.4 Å². The molecule has 0 amide bonds. The molecule has 0 aliphatic heterocycles. The summed E-state index contributed by atoms with van der Waals surface area (Å²) in [5, 5.41) is 11.1. The van der Waals surface area contributed by atoms with Crippen molar-refractivity contribution in [1.29, 1.82) is 0 Å². The molecule has 1 atom stereocenters. The van der Waals surface area contributed by atoms with E-state index in [0.29, 0.717) is 24.8 Å². The van der Waals surface area contributed by atoms with Crippen LogP contribution < -0.4 is 15.4 Å². The van der Waals surface area contributed by atoms with Gasteiger partial charge in [-0.1, -0.05) is 6.92 Å². The van der Waals surface area contributed by atoms with E-state index < -0.39 is 4.92 Å². The predicted octanol–water partition coefficient (Wildman–Crippen LogP) is 2.56. The Balaban J connectivity index is 2.24. The number of ether oxygens (including phenoxy) is 1. The molecule has 1 aliphatic carbocycles. The highest BCUT2D eigenvalue weighted by atomic mass is 16.6. The molecule has 1 unspecified atom stereocenters. The van der Waals surface area contributed by atoms with Crippen LogP contribution in [-0.2, 0) is 0 Å². The molecular weight excluding hydrogens is 270 g/mol. The Hall–Kier alpha value is -1.82. The van der Waals surface area contributed by atoms with Crippen molar-refractivity contribution >= 4 is 11.4 Å². The van der Waals surface area contributed by atoms with Crippen LogP contribution in [0.2, 0.25) is 0 Å². The number of nitro benzene ring substituents is 1. The van der Waals surface area contributed by atoms with Crippen LogP contribution in [0.15, 0.2) is 18.2 Å². The number of rotatable bonds is 8. The molecule has 1 aromatic rings. The van der Waals surface area contributed by atoms with Crippen molar-refractivity contribution in [2.24, 2.45) is 11.7 Å². The average molecular weight is 293 g/mol. The standard InChI is InChI=1S/C15H23N3O3/c1-3-8-21-15-9-12(6-7-13(15)18(19)20)17(2)14(10-16)11-4-5-11/h6-7,9,11,14H,3-5,8,10,16H2,1-2H3. The van der Waals surface area contributed by atoms with Gasteiger partial charge in [0.25, 0.3) is 0 Å². The van der Waals surface area contributed by atoms with Gasteiger partial charge in [0, 0.05) is 37.5 Å². The largest absolute Gasteiger partial charge is 0.487 e. The first-order chi connectivity index (χ1) is 10.1. The number of likely N-dealkylation sites (N-methyl/N-ethyl adjacent to an activating group) is 1. The summed E-state index contributed by atoms with van der Waals surface area (Å²) in [4.78, 5) is 12.8. The molecule has 0 spiro atoms. The minimum absolute atomic E-state index is 0.0105. The molecule has 1 saturated carbocycles. The fourth-order valence-corrected chi connectivity index (χ4v) is 2.54. The molecular formula is C15H23N3O3. The summed E-state index contributed by atoms with van der Waals surface area (Å²) in [6.45, 7) is 3.03. The van der Waals surface area contributed by atoms with Crippen molar-refractivity contribution in [3.05, 3.63) is 28.3 Å². The molecule has 116 valence electrons. The molecule has 1 aliphatic rings. The monoisotopic (exact) mass is 293 g/mol. The predicted molar refractivity (Wildman–Crippen MR) is 82.9 cm³/mol. The fourth-order valence-electron chi connectivity index (χ4n) is 2.54. The molecule has 1 aromatic carbocycles. The lowest BCUT2D eigenvalue weighted by molar-refractivity contribution is -0.385. The number of hydrogen-bond acceptors (Lipinski definition) is 5. The van der Waals surface area contributed by atoms with Gasteiger partial charge in [0.15, 0.2) is 5.75 Å². The molecule has 0 aromatic heterocycles. The average Bonchev–Trinajstić information content (AvgIpc) is 3.30. The van der Waals surface area contributed by atoms with Crippen molar-refractivity contribution < 1.29 is 9.66 Å². The Kier molecular flexibility index (Phi) is 5.01. The van der Waals surface area contributed by atoms with E-state index in [1.807, 2.05) is 14.0 Å². The molecule has 0 radical (unpaired) electrons. The highest BCUT2D eigenvalue weighted by molar-refractivity contribution is 5.59. The van der Waals surface area contributed by atoms with Gasteiger partial charge in [-0.3, -0.25) is 10.1 Å². The zero-order chi connectivity index (χ0) is 15.4. The summed E-state index contributed by atoms with van der Waals surface area (Å²) in [5.41, 5.74) is 6.79. The molecule has 0 saturated heterocycles. The van der Waals surface area contributed by atoms with Crippen molar-refractivity contribution in [1.82, 2.24) is 0 Å². The topological polar surface area (TPSA) is 81.6 Å². The molecule has 6 nitrogen and oxygen atoms in total. The second-order valence-corrected chi connectivity index (χ2v) is 5.51. The van der Waals surface area contributed by atoms with Crippen LogP contribution in [0.4, 0.5) is 11.4 Å². The van der Waals surface area contributed by atoms with E-state index in [-0.39, 0.29) is 11.7 Å². The van der Waals surface area contributed by atoms with Crippen molar-refractivity contribution in [2.75, 3.05) is 25.1 Å². The molecule has 2 N–H and O–H groups in total. The Morgan fingerprint density at radius 2 is 2.24 bits per heavy atom. The lowest BCUT2D eigenvalue weighted by atomic mass is 10.1. The van der Waals surface area contributed by atoms with E-state index in [9.17, 15) is 10.1 Å². The lowest BCUT2D eigenvalue weighted by Crippen LogP contribution is -2.39. The summed E-state index contributed by atoms with van der Waals surface area (Å²) in [6, 6.07) is 5.31. The second kappa shape index (κ2) is 6.76. The van der Waals surface area contributed by atoms with E-state index in [4.69, 9.17) is 10.5 Å². The van der Waals surface area contributed by atoms with E-state index in [1.165, 1.54) is 18.9 Å². The van der Waals surface area contributed by atoms with Gasteiger partial charge in [0.05, 0.1) is 11.5 Å². The number of hydrogen-bond donors (Lipinski definition) is 1. The molecule has 0 heterocycles. The van der Waals surface area contributed by atoms with E-state index in [0.717, 1.165) is 12.1 Å². The number of nitro groups is 1. The first-order valence-corrected chi connectivity index (χ1v) is 7.42. The first kappa shape index (κ1) is 15.6. The van der Waals surface area contributed by atoms with Gasteiger partial charge in [-0.15, -0.1) is 0 Å². The first-order valence-electron chi connectivity index (χ1n) is 7.42. The Bertz CT molecular complexity index is 503. The summed E-state index contributed by atoms with van der Waals surface area (Å²) in [7, 11) is 1.99. The van der Waals surface area contributed by atoms with Crippen molar-refractivity contribution in [3.63, 3.8) is 0 Å². The van der Waals surface area contributed by atoms with Crippen LogP contribution in [0.3, 0.4) is 0 Å². The van der Waals surface area contributed by atoms with Gasteiger partial charge in [0.1, 0.15) is 0 Å². The number of nitrogens with zero attached hydrogens (tertiary/aromatic N) is 2. The van der Waals surface area contributed by atoms with Crippen LogP contribution in [0, 0.1) is 16.0 Å². The van der Waals surface area contributed by atoms with Gasteiger partial charge >= 0.3 is 5.69 Å². The zero-order valence-corrected chi connectivity index (χ0v) is 12.6. The van der Waals surface area contributed by atoms with Crippen molar-refractivity contribution in [3.8, 4) is 5.75 Å². The third kappa shape index (κ3) is 3.64. The van der Waals surface area contributed by atoms with Crippen molar-refractivity contribution in [2.45, 2.75) is 32.2 Å². The third-order valence-corrected chi connectivity index (χ3v) is 3.91. The fraction of sp³-hybridized carbons (Fsp3) is 0.600. The maximum atomic E-state index is 11.1. The maximum absolute atomic E-state index is 11.1. The van der Waals surface area contributed by atoms with E-state index in [1.54, 1.807) is 12.1 Å². The Morgan fingerprint density at radius 1 is 1.52 bits per heavy atom. The zero-order valence-electron chi connectivity index (χ0n) is 12.6. The van der Waals surface area contributed by atoms with Gasteiger partial charge in [-0.25, -0.2) is 0 Å². The minimum atomic E-state index is -0.407. The van der Waals surface area contributed by atoms with E-state index >= 15 is 0 Å². The van der Waals surface area contributed by atoms with Crippen LogP contribution in [0.1, 0.15) is 26.2 Å². The Labute approximate surface area is 125 Å². The smallest absolute Gasteiger partial charge is 0.311 e. The lowest BCUT2D eigenvalue weighted by Gasteiger charge is -2.29. The van der Waals surface area contributed by atoms with E-state index in [2.05, 4.69) is 4.90 Å². The van der Waals surface area contributed by atoms with Crippen LogP contribution >= 0.6 is 0 Å². The number of nitrogens with two attached hydrogens (primary N) is 1. The summed E-state index contributed by atoms with van der Waals surface area (Å²) < 4.78 is 5.53. The Morgan fingerprint density at radius 3 is 2.76 bits per heavy atom. The summed E-state index contributed by atoms with van der Waals surface area (Å²) in [6.07, 6.45) is 3.22. The van der Waals surface area contributed by atoms with Gasteiger partial charge in [-0.05, 0) is 31.2 Å².